The van der Waals surface area contributed by atoms with Crippen LogP contribution >= 0.6 is 0 Å². The predicted octanol–water partition coefficient (Wildman–Crippen LogP) is 3.32. The summed E-state index contributed by atoms with van der Waals surface area (Å²) in [5.41, 5.74) is 0. The molecule has 1 atom stereocenters. The Morgan fingerprint density at radius 3 is 2.43 bits per heavy atom. The molecule has 1 amide bonds. The molecule has 1 fully saturated rings. The minimum Gasteiger partial charge on any atom is -0.457 e. The minimum atomic E-state index is -3.65. The van der Waals surface area contributed by atoms with E-state index in [1.807, 2.05) is 30.3 Å². The molecule has 0 aliphatic carbocycles. The Kier molecular flexibility index (Phi) is 6.49. The molecule has 0 saturated carbocycles. The lowest BCUT2D eigenvalue weighted by atomic mass is 10.1. The molecule has 1 unspecified atom stereocenters. The molecule has 2 aromatic rings. The van der Waals surface area contributed by atoms with Gasteiger partial charge < -0.3 is 10.1 Å². The molecular weight excluding hydrogens is 376 g/mol. The summed E-state index contributed by atoms with van der Waals surface area (Å²) in [6, 6.07) is 15.5. The van der Waals surface area contributed by atoms with Gasteiger partial charge in [-0.05, 0) is 55.3 Å². The van der Waals surface area contributed by atoms with Gasteiger partial charge in [0.2, 0.25) is 15.9 Å². The molecule has 0 aromatic heterocycles. The number of hydrogen-bond acceptors (Lipinski definition) is 4. The average Bonchev–Trinajstić information content (AvgIpc) is 2.95. The van der Waals surface area contributed by atoms with E-state index in [0.29, 0.717) is 18.0 Å². The highest BCUT2D eigenvalue weighted by Crippen LogP contribution is 2.25. The third-order valence-electron chi connectivity index (χ3n) is 4.61. The van der Waals surface area contributed by atoms with Gasteiger partial charge in [0.1, 0.15) is 11.5 Å². The van der Waals surface area contributed by atoms with E-state index in [4.69, 9.17) is 4.74 Å². The maximum Gasteiger partial charge on any atom is 0.243 e. The SMILES string of the molecule is C=CC(=O)NC1CCCCN(S(=O)(=O)c2ccc(Oc3ccccc3)cc2)C1. The van der Waals surface area contributed by atoms with Crippen LogP contribution in [0.15, 0.2) is 72.1 Å². The van der Waals surface area contributed by atoms with E-state index in [1.165, 1.54) is 10.4 Å². The highest BCUT2D eigenvalue weighted by atomic mass is 32.2. The van der Waals surface area contributed by atoms with Crippen molar-refractivity contribution in [3.63, 3.8) is 0 Å². The van der Waals surface area contributed by atoms with Gasteiger partial charge in [-0.25, -0.2) is 8.42 Å². The molecule has 1 N–H and O–H groups in total. The van der Waals surface area contributed by atoms with E-state index >= 15 is 0 Å². The fourth-order valence-electron chi connectivity index (χ4n) is 3.16. The Hall–Kier alpha value is -2.64. The molecule has 1 heterocycles. The molecule has 7 heteroatoms. The summed E-state index contributed by atoms with van der Waals surface area (Å²) >= 11 is 0. The standard InChI is InChI=1S/C21H24N2O4S/c1-2-21(24)22-17-8-6-7-15-23(16-17)28(25,26)20-13-11-19(12-14-20)27-18-9-4-3-5-10-18/h2-5,9-14,17H,1,6-8,15-16H2,(H,22,24). The topological polar surface area (TPSA) is 75.7 Å². The fourth-order valence-corrected chi connectivity index (χ4v) is 4.68. The Morgan fingerprint density at radius 1 is 1.07 bits per heavy atom. The highest BCUT2D eigenvalue weighted by molar-refractivity contribution is 7.89. The summed E-state index contributed by atoms with van der Waals surface area (Å²) in [6.07, 6.45) is 3.57. The Labute approximate surface area is 165 Å². The molecule has 148 valence electrons. The van der Waals surface area contributed by atoms with E-state index < -0.39 is 10.0 Å². The molecular formula is C21H24N2O4S. The van der Waals surface area contributed by atoms with Gasteiger partial charge in [0.05, 0.1) is 4.90 Å². The second-order valence-corrected chi connectivity index (χ2v) is 8.59. The number of carbonyl (C=O) groups excluding carboxylic acids is 1. The summed E-state index contributed by atoms with van der Waals surface area (Å²) in [4.78, 5) is 11.8. The van der Waals surface area contributed by atoms with Crippen LogP contribution < -0.4 is 10.1 Å². The lowest BCUT2D eigenvalue weighted by Gasteiger charge is -2.24. The van der Waals surface area contributed by atoms with Crippen LogP contribution in [0.3, 0.4) is 0 Å². The maximum absolute atomic E-state index is 13.1. The quantitative estimate of drug-likeness (QED) is 0.755. The highest BCUT2D eigenvalue weighted by Gasteiger charge is 2.29. The molecule has 0 spiro atoms. The zero-order chi connectivity index (χ0) is 20.0. The second-order valence-electron chi connectivity index (χ2n) is 6.65. The monoisotopic (exact) mass is 400 g/mol. The number of hydrogen-bond donors (Lipinski definition) is 1. The number of ether oxygens (including phenoxy) is 1. The first kappa shape index (κ1) is 20.1. The third kappa shape index (κ3) is 4.99. The van der Waals surface area contributed by atoms with E-state index in [-0.39, 0.29) is 23.4 Å². The normalized spacial score (nSPS) is 18.1. The summed E-state index contributed by atoms with van der Waals surface area (Å²) in [7, 11) is -3.65. The molecule has 1 aliphatic heterocycles. The van der Waals surface area contributed by atoms with Crippen LogP contribution in [-0.2, 0) is 14.8 Å². The summed E-state index contributed by atoms with van der Waals surface area (Å²) in [6.45, 7) is 4.14. The zero-order valence-corrected chi connectivity index (χ0v) is 16.4. The van der Waals surface area contributed by atoms with Crippen molar-refractivity contribution in [1.29, 1.82) is 0 Å². The Bertz CT molecular complexity index is 911. The average molecular weight is 401 g/mol. The predicted molar refractivity (Wildman–Crippen MR) is 108 cm³/mol. The number of benzene rings is 2. The summed E-state index contributed by atoms with van der Waals surface area (Å²) in [5.74, 6) is 0.968. The molecule has 1 aliphatic rings. The maximum atomic E-state index is 13.1. The molecule has 0 bridgehead atoms. The van der Waals surface area contributed by atoms with Gasteiger partial charge in [-0.15, -0.1) is 0 Å². The van der Waals surface area contributed by atoms with Gasteiger partial charge in [0.25, 0.3) is 0 Å². The van der Waals surface area contributed by atoms with Gasteiger partial charge in [0, 0.05) is 19.1 Å². The number of nitrogens with zero attached hydrogens (tertiary/aromatic N) is 1. The van der Waals surface area contributed by atoms with E-state index in [9.17, 15) is 13.2 Å². The third-order valence-corrected chi connectivity index (χ3v) is 6.49. The van der Waals surface area contributed by atoms with Crippen LogP contribution in [0.5, 0.6) is 11.5 Å². The van der Waals surface area contributed by atoms with Crippen molar-refractivity contribution >= 4 is 15.9 Å². The van der Waals surface area contributed by atoms with Crippen molar-refractivity contribution in [1.82, 2.24) is 9.62 Å². The molecule has 3 rings (SSSR count). The second kappa shape index (κ2) is 9.03. The number of amides is 1. The van der Waals surface area contributed by atoms with E-state index in [0.717, 1.165) is 19.3 Å². The Balaban J connectivity index is 1.73. The lowest BCUT2D eigenvalue weighted by Crippen LogP contribution is -2.44. The largest absolute Gasteiger partial charge is 0.457 e. The zero-order valence-electron chi connectivity index (χ0n) is 15.6. The van der Waals surface area contributed by atoms with Crippen molar-refractivity contribution in [2.75, 3.05) is 13.1 Å². The van der Waals surface area contributed by atoms with E-state index in [1.54, 1.807) is 24.3 Å². The van der Waals surface area contributed by atoms with Crippen LogP contribution in [0.1, 0.15) is 19.3 Å². The number of para-hydroxylation sites is 1. The molecule has 0 radical (unpaired) electrons. The van der Waals surface area contributed by atoms with Crippen LogP contribution in [-0.4, -0.2) is 37.8 Å². The van der Waals surface area contributed by atoms with Crippen LogP contribution in [0.4, 0.5) is 0 Å². The van der Waals surface area contributed by atoms with E-state index in [2.05, 4.69) is 11.9 Å². The minimum absolute atomic E-state index is 0.212. The van der Waals surface area contributed by atoms with Gasteiger partial charge in [-0.1, -0.05) is 31.2 Å². The first-order valence-corrected chi connectivity index (χ1v) is 10.7. The molecule has 28 heavy (non-hydrogen) atoms. The van der Waals surface area contributed by atoms with Crippen LogP contribution in [0.25, 0.3) is 0 Å². The first-order valence-electron chi connectivity index (χ1n) is 9.25. The van der Waals surface area contributed by atoms with Gasteiger partial charge in [-0.3, -0.25) is 4.79 Å². The van der Waals surface area contributed by atoms with Gasteiger partial charge in [-0.2, -0.15) is 4.31 Å². The number of nitrogens with one attached hydrogen (secondary N) is 1. The molecule has 2 aromatic carbocycles. The van der Waals surface area contributed by atoms with Gasteiger partial charge in [0.15, 0.2) is 0 Å². The van der Waals surface area contributed by atoms with Crippen LogP contribution in [0.2, 0.25) is 0 Å². The van der Waals surface area contributed by atoms with Crippen molar-refractivity contribution in [3.05, 3.63) is 67.3 Å². The van der Waals surface area contributed by atoms with Crippen molar-refractivity contribution in [3.8, 4) is 11.5 Å². The summed E-state index contributed by atoms with van der Waals surface area (Å²) in [5, 5.41) is 2.82. The van der Waals surface area contributed by atoms with Crippen LogP contribution in [0, 0.1) is 0 Å². The fraction of sp³-hybridized carbons (Fsp3) is 0.286. The number of rotatable bonds is 6. The van der Waals surface area contributed by atoms with Crippen molar-refractivity contribution < 1.29 is 17.9 Å². The summed E-state index contributed by atoms with van der Waals surface area (Å²) < 4.78 is 33.3. The van der Waals surface area contributed by atoms with Gasteiger partial charge >= 0.3 is 0 Å². The van der Waals surface area contributed by atoms with Crippen molar-refractivity contribution in [2.45, 2.75) is 30.2 Å². The lowest BCUT2D eigenvalue weighted by molar-refractivity contribution is -0.117. The first-order chi connectivity index (χ1) is 13.5. The number of sulfonamides is 1. The molecule has 6 nitrogen and oxygen atoms in total. The number of carbonyl (C=O) groups is 1. The van der Waals surface area contributed by atoms with Crippen molar-refractivity contribution in [2.24, 2.45) is 0 Å². The molecule has 1 saturated heterocycles. The Morgan fingerprint density at radius 2 is 1.75 bits per heavy atom. The smallest absolute Gasteiger partial charge is 0.243 e.